The predicted octanol–water partition coefficient (Wildman–Crippen LogP) is 5.14. The van der Waals surface area contributed by atoms with E-state index in [2.05, 4.69) is 11.1 Å². The minimum atomic E-state index is -4.83. The first-order valence-electron chi connectivity index (χ1n) is 16.0. The maximum Gasteiger partial charge on any atom is 0.417 e. The van der Waals surface area contributed by atoms with Gasteiger partial charge in [0, 0.05) is 43.3 Å². The lowest BCUT2D eigenvalue weighted by Gasteiger charge is -2.43. The van der Waals surface area contributed by atoms with E-state index in [9.17, 15) is 32.0 Å². The molecule has 2 aliphatic heterocycles. The van der Waals surface area contributed by atoms with Gasteiger partial charge in [-0.05, 0) is 70.5 Å². The van der Waals surface area contributed by atoms with Crippen molar-refractivity contribution in [1.82, 2.24) is 19.8 Å². The zero-order valence-corrected chi connectivity index (χ0v) is 27.7. The monoisotopic (exact) mass is 681 g/mol. The molecule has 5 atom stereocenters. The second-order valence-electron chi connectivity index (χ2n) is 13.8. The lowest BCUT2D eigenvalue weighted by molar-refractivity contribution is -0.144. The number of likely N-dealkylation sites (tertiary alicyclic amines) is 1. The molecule has 0 unspecified atom stereocenters. The van der Waals surface area contributed by atoms with Gasteiger partial charge in [0.25, 0.3) is 5.91 Å². The van der Waals surface area contributed by atoms with Crippen LogP contribution in [0.1, 0.15) is 67.5 Å². The van der Waals surface area contributed by atoms with Crippen molar-refractivity contribution >= 4 is 17.4 Å². The van der Waals surface area contributed by atoms with Gasteiger partial charge in [0.1, 0.15) is 24.4 Å². The number of nitriles is 1. The predicted molar refractivity (Wildman–Crippen MR) is 166 cm³/mol. The number of benzene rings is 1. The van der Waals surface area contributed by atoms with Crippen molar-refractivity contribution in [1.29, 1.82) is 5.26 Å². The van der Waals surface area contributed by atoms with E-state index in [-0.39, 0.29) is 81.8 Å². The lowest BCUT2D eigenvalue weighted by Crippen LogP contribution is -2.58. The normalized spacial score (nSPS) is 25.2. The second-order valence-corrected chi connectivity index (χ2v) is 13.8. The second kappa shape index (κ2) is 13.2. The Morgan fingerprint density at radius 3 is 2.46 bits per heavy atom. The minimum Gasteiger partial charge on any atom is -0.462 e. The van der Waals surface area contributed by atoms with Crippen LogP contribution in [-0.4, -0.2) is 89.4 Å². The SMILES string of the molecule is Cc1cc(N)c(F)c([C@H]2Cc3nc(OC[C@@H]4C[C@@H](F)CN4C)nc(N4CCN(C(=O)C(C)(C)F)[C@@H](CC#N)C4)c3C[C@@H]2C)c1C(F)(F)F. The van der Waals surface area contributed by atoms with E-state index in [0.29, 0.717) is 17.1 Å². The first kappa shape index (κ1) is 35.5. The number of alkyl halides is 5. The quantitative estimate of drug-likeness (QED) is 0.316. The number of ether oxygens (including phenoxy) is 1. The summed E-state index contributed by atoms with van der Waals surface area (Å²) in [5, 5.41) is 9.54. The molecule has 0 spiro atoms. The molecular weight excluding hydrogens is 640 g/mol. The van der Waals surface area contributed by atoms with Gasteiger partial charge in [0.05, 0.1) is 35.5 Å². The van der Waals surface area contributed by atoms with Crippen molar-refractivity contribution in [2.75, 3.05) is 50.5 Å². The average Bonchev–Trinajstić information content (AvgIpc) is 3.32. The van der Waals surface area contributed by atoms with Gasteiger partial charge in [-0.15, -0.1) is 0 Å². The molecule has 0 saturated carbocycles. The van der Waals surface area contributed by atoms with Crippen LogP contribution in [0, 0.1) is 30.0 Å². The van der Waals surface area contributed by atoms with Crippen molar-refractivity contribution < 1.29 is 35.9 Å². The Kier molecular flexibility index (Phi) is 9.80. The van der Waals surface area contributed by atoms with E-state index in [1.807, 2.05) is 9.80 Å². The molecule has 262 valence electrons. The number of hydrogen-bond acceptors (Lipinski definition) is 8. The fourth-order valence-corrected chi connectivity index (χ4v) is 7.34. The Labute approximate surface area is 276 Å². The Balaban J connectivity index is 1.56. The molecule has 2 saturated heterocycles. The first-order valence-corrected chi connectivity index (χ1v) is 16.0. The maximum absolute atomic E-state index is 15.6. The third-order valence-electron chi connectivity index (χ3n) is 9.78. The van der Waals surface area contributed by atoms with Gasteiger partial charge in [-0.1, -0.05) is 6.92 Å². The number of nitrogens with zero attached hydrogens (tertiary/aromatic N) is 6. The number of fused-ring (bicyclic) bond motifs is 1. The number of nitrogen functional groups attached to an aromatic ring is 1. The number of amides is 1. The van der Waals surface area contributed by atoms with E-state index < -0.39 is 58.7 Å². The summed E-state index contributed by atoms with van der Waals surface area (Å²) < 4.78 is 93.5. The smallest absolute Gasteiger partial charge is 0.417 e. The van der Waals surface area contributed by atoms with Crippen LogP contribution in [-0.2, 0) is 23.8 Å². The zero-order valence-electron chi connectivity index (χ0n) is 27.7. The molecule has 2 aromatic rings. The van der Waals surface area contributed by atoms with Crippen molar-refractivity contribution in [2.24, 2.45) is 5.92 Å². The molecule has 0 radical (unpaired) electrons. The van der Waals surface area contributed by atoms with E-state index in [1.54, 1.807) is 14.0 Å². The van der Waals surface area contributed by atoms with Crippen molar-refractivity contribution in [3.63, 3.8) is 0 Å². The number of anilines is 2. The molecule has 3 heterocycles. The van der Waals surface area contributed by atoms with Gasteiger partial charge in [-0.2, -0.15) is 28.4 Å². The van der Waals surface area contributed by atoms with Crippen LogP contribution in [0.4, 0.5) is 37.8 Å². The van der Waals surface area contributed by atoms with E-state index in [1.165, 1.54) is 11.8 Å². The van der Waals surface area contributed by atoms with Gasteiger partial charge in [-0.3, -0.25) is 9.69 Å². The van der Waals surface area contributed by atoms with Crippen LogP contribution in [0.3, 0.4) is 0 Å². The Bertz CT molecular complexity index is 1590. The highest BCUT2D eigenvalue weighted by molar-refractivity contribution is 5.85. The van der Waals surface area contributed by atoms with Crippen LogP contribution < -0.4 is 15.4 Å². The molecule has 0 bridgehead atoms. The van der Waals surface area contributed by atoms with Gasteiger partial charge < -0.3 is 20.3 Å². The molecule has 1 aromatic heterocycles. The van der Waals surface area contributed by atoms with Crippen LogP contribution in [0.25, 0.3) is 0 Å². The van der Waals surface area contributed by atoms with Crippen molar-refractivity contribution in [2.45, 2.75) is 89.4 Å². The molecular formula is C33H41F6N7O2. The number of hydrogen-bond donors (Lipinski definition) is 1. The summed E-state index contributed by atoms with van der Waals surface area (Å²) in [7, 11) is 1.77. The third-order valence-corrected chi connectivity index (χ3v) is 9.78. The summed E-state index contributed by atoms with van der Waals surface area (Å²) in [6.45, 7) is 6.07. The number of carbonyl (C=O) groups is 1. The number of nitrogens with two attached hydrogens (primary N) is 1. The van der Waals surface area contributed by atoms with Gasteiger partial charge in [0.2, 0.25) is 0 Å². The van der Waals surface area contributed by atoms with Crippen LogP contribution in [0.5, 0.6) is 6.01 Å². The number of rotatable bonds is 7. The maximum atomic E-state index is 15.6. The molecule has 15 heteroatoms. The van der Waals surface area contributed by atoms with Crippen LogP contribution >= 0.6 is 0 Å². The van der Waals surface area contributed by atoms with E-state index >= 15 is 4.39 Å². The fraction of sp³-hybridized carbons (Fsp3) is 0.636. The van der Waals surface area contributed by atoms with E-state index in [4.69, 9.17) is 15.5 Å². The third kappa shape index (κ3) is 6.99. The lowest BCUT2D eigenvalue weighted by atomic mass is 9.73. The molecule has 2 N–H and O–H groups in total. The Morgan fingerprint density at radius 1 is 1.15 bits per heavy atom. The molecule has 1 aromatic carbocycles. The number of halogens is 6. The van der Waals surface area contributed by atoms with Crippen LogP contribution in [0.2, 0.25) is 0 Å². The van der Waals surface area contributed by atoms with E-state index in [0.717, 1.165) is 19.9 Å². The van der Waals surface area contributed by atoms with Gasteiger partial charge in [0.15, 0.2) is 5.67 Å². The minimum absolute atomic E-state index is 0.0567. The fourth-order valence-electron chi connectivity index (χ4n) is 7.34. The summed E-state index contributed by atoms with van der Waals surface area (Å²) in [5.41, 5.74) is 2.58. The highest BCUT2D eigenvalue weighted by Crippen LogP contribution is 2.47. The van der Waals surface area contributed by atoms with Gasteiger partial charge in [-0.25, -0.2) is 13.2 Å². The highest BCUT2D eigenvalue weighted by Gasteiger charge is 2.44. The summed E-state index contributed by atoms with van der Waals surface area (Å²) in [6, 6.07) is 2.06. The molecule has 2 fully saturated rings. The number of carbonyl (C=O) groups excluding carboxylic acids is 1. The zero-order chi connectivity index (χ0) is 35.3. The summed E-state index contributed by atoms with van der Waals surface area (Å²) in [5.74, 6) is -2.87. The summed E-state index contributed by atoms with van der Waals surface area (Å²) in [6.07, 6.45) is -5.55. The largest absolute Gasteiger partial charge is 0.462 e. The number of likely N-dealkylation sites (N-methyl/N-ethyl adjacent to an activating group) is 1. The molecule has 1 aliphatic carbocycles. The molecule has 1 amide bonds. The standard InChI is InChI=1S/C33H41F6N7O2/c1-17-10-23-25(13-22(17)26-27(33(37,38)39)18(2)11-24(41)28(26)35)42-31(48-16-21-12-19(34)14-44(21)5)43-29(23)45-8-9-46(20(15-45)6-7-40)30(47)32(3,4)36/h11,17,19-22H,6,8-10,12-16,41H2,1-5H3/t17-,19+,20-,21-,22-/m0/s1. The molecule has 3 aliphatic rings. The number of aromatic nitrogens is 2. The Hall–Kier alpha value is -3.80. The number of aryl methyl sites for hydroxylation is 1. The molecule has 9 nitrogen and oxygen atoms in total. The van der Waals surface area contributed by atoms with Crippen molar-refractivity contribution in [3.8, 4) is 12.1 Å². The molecule has 5 rings (SSSR count). The molecule has 48 heavy (non-hydrogen) atoms. The van der Waals surface area contributed by atoms with Crippen LogP contribution in [0.15, 0.2) is 6.07 Å². The topological polar surface area (TPSA) is 112 Å². The van der Waals surface area contributed by atoms with Crippen molar-refractivity contribution in [3.05, 3.63) is 39.8 Å². The summed E-state index contributed by atoms with van der Waals surface area (Å²) in [4.78, 5) is 27.3. The number of piperazine rings is 1. The first-order chi connectivity index (χ1) is 22.4. The Morgan fingerprint density at radius 2 is 1.85 bits per heavy atom. The van der Waals surface area contributed by atoms with Gasteiger partial charge >= 0.3 is 12.2 Å². The summed E-state index contributed by atoms with van der Waals surface area (Å²) >= 11 is 0. The average molecular weight is 682 g/mol. The highest BCUT2D eigenvalue weighted by atomic mass is 19.4.